The van der Waals surface area contributed by atoms with Crippen molar-refractivity contribution in [1.82, 2.24) is 0 Å². The first-order valence-electron chi connectivity index (χ1n) is 7.78. The van der Waals surface area contributed by atoms with Gasteiger partial charge in [0.2, 0.25) is 0 Å². The van der Waals surface area contributed by atoms with E-state index in [9.17, 15) is 24.4 Å². The normalized spacial score (nSPS) is 11.6. The highest BCUT2D eigenvalue weighted by Gasteiger charge is 2.33. The SMILES string of the molecule is N#Cc1c(F)c(O)c(F)c(C#N)c1N1c2ccccc2Oc2ccccc21. The number of ether oxygens (including phenoxy) is 1. The average molecular weight is 361 g/mol. The second kappa shape index (κ2) is 6.01. The van der Waals surface area contributed by atoms with E-state index in [-0.39, 0.29) is 5.69 Å². The molecule has 0 radical (unpaired) electrons. The predicted octanol–water partition coefficient (Wildman–Crippen LogP) is 4.99. The van der Waals surface area contributed by atoms with Crippen LogP contribution in [-0.4, -0.2) is 5.11 Å². The van der Waals surface area contributed by atoms with Crippen molar-refractivity contribution < 1.29 is 18.6 Å². The number of para-hydroxylation sites is 4. The molecular weight excluding hydrogens is 352 g/mol. The Labute approximate surface area is 152 Å². The van der Waals surface area contributed by atoms with Gasteiger partial charge in [-0.05, 0) is 24.3 Å². The third-order valence-corrected chi connectivity index (χ3v) is 4.21. The van der Waals surface area contributed by atoms with Gasteiger partial charge in [0.1, 0.15) is 23.3 Å². The molecule has 5 nitrogen and oxygen atoms in total. The van der Waals surface area contributed by atoms with Crippen molar-refractivity contribution in [3.05, 3.63) is 71.3 Å². The lowest BCUT2D eigenvalue weighted by atomic mass is 10.0. The van der Waals surface area contributed by atoms with E-state index in [2.05, 4.69) is 0 Å². The van der Waals surface area contributed by atoms with Crippen molar-refractivity contribution in [2.75, 3.05) is 4.90 Å². The summed E-state index contributed by atoms with van der Waals surface area (Å²) < 4.78 is 34.7. The number of hydrogen-bond donors (Lipinski definition) is 1. The third-order valence-electron chi connectivity index (χ3n) is 4.21. The summed E-state index contributed by atoms with van der Waals surface area (Å²) >= 11 is 0. The summed E-state index contributed by atoms with van der Waals surface area (Å²) in [4.78, 5) is 1.39. The quantitative estimate of drug-likeness (QED) is 0.517. The minimum Gasteiger partial charge on any atom is -0.503 e. The molecule has 0 amide bonds. The highest BCUT2D eigenvalue weighted by molar-refractivity contribution is 5.90. The Morgan fingerprint density at radius 2 is 1.26 bits per heavy atom. The van der Waals surface area contributed by atoms with Gasteiger partial charge in [-0.2, -0.15) is 10.5 Å². The lowest BCUT2D eigenvalue weighted by molar-refractivity contribution is 0.395. The van der Waals surface area contributed by atoms with Gasteiger partial charge >= 0.3 is 0 Å². The van der Waals surface area contributed by atoms with Crippen LogP contribution >= 0.6 is 0 Å². The number of benzene rings is 3. The number of rotatable bonds is 1. The summed E-state index contributed by atoms with van der Waals surface area (Å²) in [5.41, 5.74) is -0.785. The number of phenolic OH excluding ortho intramolecular Hbond substituents is 1. The van der Waals surface area contributed by atoms with Gasteiger partial charge in [-0.3, -0.25) is 0 Å². The van der Waals surface area contributed by atoms with Gasteiger partial charge in [0.15, 0.2) is 28.9 Å². The molecule has 1 N–H and O–H groups in total. The van der Waals surface area contributed by atoms with Crippen LogP contribution in [0, 0.1) is 34.3 Å². The number of anilines is 3. The van der Waals surface area contributed by atoms with Gasteiger partial charge in [0.05, 0.1) is 17.1 Å². The van der Waals surface area contributed by atoms with Crippen molar-refractivity contribution in [3.63, 3.8) is 0 Å². The summed E-state index contributed by atoms with van der Waals surface area (Å²) in [6, 6.07) is 16.7. The van der Waals surface area contributed by atoms with Crippen LogP contribution in [-0.2, 0) is 0 Å². The van der Waals surface area contributed by atoms with Crippen LogP contribution in [0.3, 0.4) is 0 Å². The minimum absolute atomic E-state index is 0.295. The molecule has 0 unspecified atom stereocenters. The molecule has 27 heavy (non-hydrogen) atoms. The molecule has 0 bridgehead atoms. The van der Waals surface area contributed by atoms with E-state index in [1.807, 2.05) is 0 Å². The number of nitriles is 2. The first-order valence-corrected chi connectivity index (χ1v) is 7.78. The molecule has 1 aliphatic heterocycles. The van der Waals surface area contributed by atoms with Crippen LogP contribution in [0.25, 0.3) is 0 Å². The number of nitrogens with zero attached hydrogens (tertiary/aromatic N) is 3. The zero-order valence-electron chi connectivity index (χ0n) is 13.6. The largest absolute Gasteiger partial charge is 0.503 e. The Hall–Kier alpha value is -4.10. The molecule has 3 aromatic carbocycles. The maximum Gasteiger partial charge on any atom is 0.190 e. The first kappa shape index (κ1) is 16.4. The van der Waals surface area contributed by atoms with E-state index in [1.165, 1.54) is 4.90 Å². The van der Waals surface area contributed by atoms with Crippen molar-refractivity contribution in [3.8, 4) is 29.4 Å². The predicted molar refractivity (Wildman–Crippen MR) is 92.2 cm³/mol. The molecule has 0 fully saturated rings. The summed E-state index contributed by atoms with van der Waals surface area (Å²) in [6.45, 7) is 0. The van der Waals surface area contributed by atoms with Gasteiger partial charge in [-0.15, -0.1) is 0 Å². The van der Waals surface area contributed by atoms with E-state index in [4.69, 9.17) is 4.74 Å². The maximum atomic E-state index is 14.5. The number of halogens is 2. The molecule has 0 aliphatic carbocycles. The van der Waals surface area contributed by atoms with Crippen LogP contribution in [0.2, 0.25) is 0 Å². The molecule has 1 aliphatic rings. The highest BCUT2D eigenvalue weighted by atomic mass is 19.1. The van der Waals surface area contributed by atoms with Crippen molar-refractivity contribution in [2.45, 2.75) is 0 Å². The van der Waals surface area contributed by atoms with E-state index >= 15 is 0 Å². The monoisotopic (exact) mass is 361 g/mol. The number of aromatic hydroxyl groups is 1. The summed E-state index contributed by atoms with van der Waals surface area (Å²) in [5.74, 6) is -3.44. The standard InChI is InChI=1S/C20H9F2N3O2/c21-17-11(9-23)19(12(10-24)18(22)20(17)26)25-13-5-1-3-7-15(13)27-16-8-4-2-6-14(16)25/h1-8,26H. The molecule has 3 aromatic rings. The number of hydrogen-bond acceptors (Lipinski definition) is 5. The van der Waals surface area contributed by atoms with Gasteiger partial charge < -0.3 is 14.7 Å². The Morgan fingerprint density at radius 3 is 1.70 bits per heavy atom. The molecular formula is C20H9F2N3O2. The molecule has 0 spiro atoms. The Bertz CT molecular complexity index is 1090. The van der Waals surface area contributed by atoms with E-state index in [0.717, 1.165) is 0 Å². The van der Waals surface area contributed by atoms with Gasteiger partial charge in [-0.25, -0.2) is 8.78 Å². The van der Waals surface area contributed by atoms with Gasteiger partial charge in [0, 0.05) is 0 Å². The summed E-state index contributed by atoms with van der Waals surface area (Å²) in [5, 5.41) is 28.6. The molecule has 1 heterocycles. The summed E-state index contributed by atoms with van der Waals surface area (Å²) in [6.07, 6.45) is 0. The second-order valence-corrected chi connectivity index (χ2v) is 5.67. The molecule has 130 valence electrons. The molecule has 0 saturated heterocycles. The molecule has 0 atom stereocenters. The average Bonchev–Trinajstić information content (AvgIpc) is 2.70. The fourth-order valence-electron chi connectivity index (χ4n) is 3.04. The Balaban J connectivity index is 2.15. The smallest absolute Gasteiger partial charge is 0.190 e. The highest BCUT2D eigenvalue weighted by Crippen LogP contribution is 2.52. The first-order chi connectivity index (χ1) is 13.1. The number of phenols is 1. The molecule has 4 rings (SSSR count). The second-order valence-electron chi connectivity index (χ2n) is 5.67. The minimum atomic E-state index is -1.43. The lowest BCUT2D eigenvalue weighted by Gasteiger charge is -2.33. The summed E-state index contributed by atoms with van der Waals surface area (Å²) in [7, 11) is 0. The zero-order chi connectivity index (χ0) is 19.1. The fourth-order valence-corrected chi connectivity index (χ4v) is 3.04. The van der Waals surface area contributed by atoms with Crippen LogP contribution in [0.15, 0.2) is 48.5 Å². The Kier molecular flexibility index (Phi) is 3.64. The lowest BCUT2D eigenvalue weighted by Crippen LogP contribution is -2.19. The van der Waals surface area contributed by atoms with E-state index in [1.54, 1.807) is 60.7 Å². The van der Waals surface area contributed by atoms with Gasteiger partial charge in [-0.1, -0.05) is 24.3 Å². The van der Waals surface area contributed by atoms with Crippen molar-refractivity contribution in [2.24, 2.45) is 0 Å². The molecule has 0 saturated carbocycles. The van der Waals surface area contributed by atoms with Crippen LogP contribution in [0.1, 0.15) is 11.1 Å². The molecule has 7 heteroatoms. The number of fused-ring (bicyclic) bond motifs is 2. The van der Waals surface area contributed by atoms with E-state index < -0.39 is 28.5 Å². The fraction of sp³-hybridized carbons (Fsp3) is 0. The van der Waals surface area contributed by atoms with E-state index in [0.29, 0.717) is 22.9 Å². The molecule has 0 aromatic heterocycles. The van der Waals surface area contributed by atoms with Crippen LogP contribution < -0.4 is 9.64 Å². The zero-order valence-corrected chi connectivity index (χ0v) is 13.6. The maximum absolute atomic E-state index is 14.5. The van der Waals surface area contributed by atoms with Gasteiger partial charge in [0.25, 0.3) is 0 Å². The third kappa shape index (κ3) is 2.26. The van der Waals surface area contributed by atoms with Crippen molar-refractivity contribution in [1.29, 1.82) is 10.5 Å². The topological polar surface area (TPSA) is 80.3 Å². The van der Waals surface area contributed by atoms with Crippen molar-refractivity contribution >= 4 is 17.1 Å². The van der Waals surface area contributed by atoms with Crippen LogP contribution in [0.5, 0.6) is 17.2 Å². The van der Waals surface area contributed by atoms with Crippen LogP contribution in [0.4, 0.5) is 25.8 Å². The Morgan fingerprint density at radius 1 is 0.815 bits per heavy atom.